The van der Waals surface area contributed by atoms with Crippen molar-refractivity contribution in [1.29, 1.82) is 0 Å². The van der Waals surface area contributed by atoms with Gasteiger partial charge >= 0.3 is 0 Å². The van der Waals surface area contributed by atoms with Gasteiger partial charge in [0.15, 0.2) is 0 Å². The molecule has 0 saturated heterocycles. The Bertz CT molecular complexity index is 515. The number of rotatable bonds is 5. The third kappa shape index (κ3) is 8.08. The zero-order valence-corrected chi connectivity index (χ0v) is 17.5. The van der Waals surface area contributed by atoms with Crippen LogP contribution in [0.3, 0.4) is 0 Å². The first-order valence-corrected chi connectivity index (χ1v) is 6.41. The molecular formula is C15H24N3O2SY-. The van der Waals surface area contributed by atoms with Crippen LogP contribution in [0.15, 0.2) is 34.4 Å². The molecule has 3 N–H and O–H groups in total. The second-order valence-electron chi connectivity index (χ2n) is 4.12. The van der Waals surface area contributed by atoms with Crippen LogP contribution in [0, 0.1) is 7.43 Å². The number of thiocarbonyl (C=S) groups is 1. The largest absolute Gasteiger partial charge is 0.412 e. The van der Waals surface area contributed by atoms with E-state index in [1.165, 1.54) is 0 Å². The third-order valence-corrected chi connectivity index (χ3v) is 2.80. The van der Waals surface area contributed by atoms with E-state index in [1.807, 2.05) is 38.1 Å². The Labute approximate surface area is 163 Å². The molecule has 1 radical (unpaired) electrons. The molecule has 0 spiro atoms. The van der Waals surface area contributed by atoms with Gasteiger partial charge in [0.25, 0.3) is 0 Å². The van der Waals surface area contributed by atoms with Crippen molar-refractivity contribution in [3.05, 3.63) is 42.8 Å². The van der Waals surface area contributed by atoms with Gasteiger partial charge in [0.05, 0.1) is 11.4 Å². The number of nitrogens with zero attached hydrogens (tertiary/aromatic N) is 2. The van der Waals surface area contributed by atoms with Gasteiger partial charge in [0.2, 0.25) is 0 Å². The molecule has 0 atom stereocenters. The van der Waals surface area contributed by atoms with Crippen molar-refractivity contribution in [3.8, 4) is 0 Å². The molecule has 1 rings (SSSR count). The standard InChI is InChI=1S/C14H19N3OS.CH3.H2O.Y/c1-10(2)17-18-9-11-7-5-6-8-12(11)13(15-3)14(19)16-4;;;/h5-8H,9H2,1-4H3,(H,16,19);1H3;1H2;/q;-1;;. The number of hydrogen-bond acceptors (Lipinski definition) is 4. The fourth-order valence-corrected chi connectivity index (χ4v) is 1.77. The maximum atomic E-state index is 5.30. The van der Waals surface area contributed by atoms with Gasteiger partial charge in [-0.2, -0.15) is 0 Å². The average molecular weight is 399 g/mol. The number of likely N-dealkylation sites (N-methyl/N-ethyl adjacent to an activating group) is 1. The summed E-state index contributed by atoms with van der Waals surface area (Å²) < 4.78 is 0. The number of benzene rings is 1. The summed E-state index contributed by atoms with van der Waals surface area (Å²) in [5.41, 5.74) is 3.61. The van der Waals surface area contributed by atoms with Crippen molar-refractivity contribution >= 4 is 28.6 Å². The molecule has 121 valence electrons. The van der Waals surface area contributed by atoms with Crippen molar-refractivity contribution in [3.63, 3.8) is 0 Å². The summed E-state index contributed by atoms with van der Waals surface area (Å²) in [4.78, 5) is 10.2. The Hall–Kier alpha value is -0.686. The van der Waals surface area contributed by atoms with Gasteiger partial charge in [-0.3, -0.25) is 4.99 Å². The summed E-state index contributed by atoms with van der Waals surface area (Å²) in [7, 11) is 3.52. The normalized spacial score (nSPS) is 9.36. The molecule has 0 aliphatic rings. The zero-order valence-electron chi connectivity index (χ0n) is 13.8. The minimum absolute atomic E-state index is 0. The topological polar surface area (TPSA) is 77.5 Å². The van der Waals surface area contributed by atoms with E-state index in [4.69, 9.17) is 17.1 Å². The minimum atomic E-state index is 0. The first kappa shape index (κ1) is 26.2. The maximum Gasteiger partial charge on any atom is 0.142 e. The molecule has 1 aromatic carbocycles. The molecule has 0 saturated carbocycles. The van der Waals surface area contributed by atoms with E-state index >= 15 is 0 Å². The van der Waals surface area contributed by atoms with Crippen LogP contribution in [0.25, 0.3) is 0 Å². The molecule has 0 fully saturated rings. The fraction of sp³-hybridized carbons (Fsp3) is 0.333. The van der Waals surface area contributed by atoms with Crippen LogP contribution in [-0.4, -0.2) is 36.0 Å². The van der Waals surface area contributed by atoms with Gasteiger partial charge in [-0.05, 0) is 13.8 Å². The van der Waals surface area contributed by atoms with Crippen molar-refractivity contribution in [1.82, 2.24) is 5.32 Å². The van der Waals surface area contributed by atoms with Crippen LogP contribution in [0.4, 0.5) is 0 Å². The number of nitrogens with one attached hydrogen (secondary N) is 1. The molecule has 0 amide bonds. The van der Waals surface area contributed by atoms with Crippen molar-refractivity contribution in [2.75, 3.05) is 14.1 Å². The maximum absolute atomic E-state index is 5.30. The first-order valence-electron chi connectivity index (χ1n) is 6.00. The van der Waals surface area contributed by atoms with E-state index in [-0.39, 0.29) is 45.6 Å². The molecule has 1 aromatic rings. The van der Waals surface area contributed by atoms with Gasteiger partial charge in [-0.1, -0.05) is 41.6 Å². The Morgan fingerprint density at radius 2 is 1.86 bits per heavy atom. The molecule has 0 unspecified atom stereocenters. The van der Waals surface area contributed by atoms with Gasteiger partial charge in [-0.15, -0.1) is 0 Å². The van der Waals surface area contributed by atoms with Crippen LogP contribution in [0.1, 0.15) is 25.0 Å². The molecule has 0 heterocycles. The summed E-state index contributed by atoms with van der Waals surface area (Å²) in [5, 5.41) is 6.89. The monoisotopic (exact) mass is 399 g/mol. The quantitative estimate of drug-likeness (QED) is 0.357. The summed E-state index contributed by atoms with van der Waals surface area (Å²) in [6, 6.07) is 7.88. The SMILES string of the molecule is CN=C(C(=S)NC)c1ccccc1CON=C(C)C.O.[CH3-].[Y]. The van der Waals surface area contributed by atoms with E-state index in [9.17, 15) is 0 Å². The smallest absolute Gasteiger partial charge is 0.142 e. The first-order chi connectivity index (χ1) is 9.10. The number of oxime groups is 1. The van der Waals surface area contributed by atoms with Gasteiger partial charge < -0.3 is 23.1 Å². The molecule has 5 nitrogen and oxygen atoms in total. The molecule has 0 bridgehead atoms. The van der Waals surface area contributed by atoms with E-state index in [1.54, 1.807) is 14.1 Å². The Kier molecular flexibility index (Phi) is 16.6. The average Bonchev–Trinajstić information content (AvgIpc) is 2.40. The molecule has 0 aromatic heterocycles. The third-order valence-electron chi connectivity index (χ3n) is 2.41. The summed E-state index contributed by atoms with van der Waals surface area (Å²) in [6.45, 7) is 4.18. The van der Waals surface area contributed by atoms with E-state index in [0.29, 0.717) is 11.6 Å². The molecule has 0 aliphatic heterocycles. The second kappa shape index (κ2) is 13.9. The van der Waals surface area contributed by atoms with E-state index in [2.05, 4.69) is 15.5 Å². The molecule has 7 heteroatoms. The van der Waals surface area contributed by atoms with Gasteiger partial charge in [0, 0.05) is 57.9 Å². The van der Waals surface area contributed by atoms with Crippen molar-refractivity contribution in [2.24, 2.45) is 10.1 Å². The number of aliphatic imine (C=N–C) groups is 1. The van der Waals surface area contributed by atoms with Crippen LogP contribution >= 0.6 is 12.2 Å². The summed E-state index contributed by atoms with van der Waals surface area (Å²) in [6.07, 6.45) is 0. The Balaban J connectivity index is -0.00000120. The van der Waals surface area contributed by atoms with E-state index < -0.39 is 0 Å². The van der Waals surface area contributed by atoms with Crippen molar-refractivity contribution in [2.45, 2.75) is 20.5 Å². The Morgan fingerprint density at radius 3 is 2.36 bits per heavy atom. The van der Waals surface area contributed by atoms with Crippen LogP contribution < -0.4 is 5.32 Å². The minimum Gasteiger partial charge on any atom is -0.412 e. The van der Waals surface area contributed by atoms with Gasteiger partial charge in [0.1, 0.15) is 11.6 Å². The zero-order chi connectivity index (χ0) is 14.3. The van der Waals surface area contributed by atoms with Crippen LogP contribution in [-0.2, 0) is 44.2 Å². The molecule has 22 heavy (non-hydrogen) atoms. The van der Waals surface area contributed by atoms with Gasteiger partial charge in [-0.25, -0.2) is 0 Å². The second-order valence-corrected chi connectivity index (χ2v) is 4.53. The van der Waals surface area contributed by atoms with E-state index in [0.717, 1.165) is 22.6 Å². The Morgan fingerprint density at radius 1 is 1.27 bits per heavy atom. The summed E-state index contributed by atoms with van der Waals surface area (Å²) >= 11 is 5.26. The number of hydrogen-bond donors (Lipinski definition) is 1. The molecule has 0 aliphatic carbocycles. The predicted octanol–water partition coefficient (Wildman–Crippen LogP) is 2.19. The van der Waals surface area contributed by atoms with Crippen molar-refractivity contribution < 1.29 is 43.0 Å². The molecular weight excluding hydrogens is 375 g/mol. The van der Waals surface area contributed by atoms with Crippen LogP contribution in [0.2, 0.25) is 0 Å². The van der Waals surface area contributed by atoms with Crippen LogP contribution in [0.5, 0.6) is 0 Å². The fourth-order valence-electron chi connectivity index (χ4n) is 1.57. The predicted molar refractivity (Wildman–Crippen MR) is 94.2 cm³/mol. The summed E-state index contributed by atoms with van der Waals surface area (Å²) in [5.74, 6) is 0.